The smallest absolute Gasteiger partial charge is 0.220 e. The predicted octanol–water partition coefficient (Wildman–Crippen LogP) is 0.987. The van der Waals surface area contributed by atoms with Crippen LogP contribution in [0.3, 0.4) is 0 Å². The Kier molecular flexibility index (Phi) is 13.6. The van der Waals surface area contributed by atoms with E-state index in [2.05, 4.69) is 15.5 Å². The molecule has 21 heavy (non-hydrogen) atoms. The summed E-state index contributed by atoms with van der Waals surface area (Å²) in [5.74, 6) is 4.64. The molecule has 0 aliphatic carbocycles. The number of carbonyl (C=O) groups is 2. The molecule has 1 atom stereocenters. The second kappa shape index (κ2) is 14.1. The molecule has 0 radical (unpaired) electrons. The third kappa shape index (κ3) is 15.4. The van der Waals surface area contributed by atoms with Crippen LogP contribution >= 0.6 is 8.46 Å². The van der Waals surface area contributed by atoms with Gasteiger partial charge in [-0.3, -0.25) is 9.59 Å². The zero-order valence-corrected chi connectivity index (χ0v) is 13.3. The van der Waals surface area contributed by atoms with Crippen molar-refractivity contribution in [3.05, 3.63) is 0 Å². The Bertz CT molecular complexity index is 296. The van der Waals surface area contributed by atoms with E-state index in [0.29, 0.717) is 26.0 Å². The van der Waals surface area contributed by atoms with Crippen LogP contribution in [0.4, 0.5) is 4.20 Å². The zero-order chi connectivity index (χ0) is 15.9. The van der Waals surface area contributed by atoms with E-state index in [1.165, 1.54) is 6.66 Å². The molecule has 0 fully saturated rings. The maximum atomic E-state index is 12.4. The van der Waals surface area contributed by atoms with E-state index in [0.717, 1.165) is 12.8 Å². The number of nitrogens with two attached hydrogens (primary N) is 1. The van der Waals surface area contributed by atoms with E-state index in [9.17, 15) is 13.8 Å². The molecule has 0 spiro atoms. The molecule has 2 amide bonds. The summed E-state index contributed by atoms with van der Waals surface area (Å²) in [4.78, 5) is 27.2. The lowest BCUT2D eigenvalue weighted by atomic mass is 10.2. The van der Waals surface area contributed by atoms with Crippen LogP contribution in [-0.4, -0.2) is 44.8 Å². The van der Waals surface area contributed by atoms with Crippen LogP contribution in [-0.2, 0) is 19.0 Å². The minimum absolute atomic E-state index is 0.0751. The highest BCUT2D eigenvalue weighted by Gasteiger charge is 2.05. The first-order valence-electron chi connectivity index (χ1n) is 6.93. The van der Waals surface area contributed by atoms with Gasteiger partial charge in [-0.25, -0.2) is 5.90 Å². The molecule has 1 unspecified atom stereocenters. The molecule has 9 heteroatoms. The minimum Gasteiger partial charge on any atom is -0.356 e. The standard InChI is InChI=1S/C12H25FN3O4P/c1-21(13)20-10-8-16-12(18)6-4-5-11(17)15-7-2-3-9-19-14/h2-10,14H2,1H3,(H,15,17)(H,16,18). The third-order valence-corrected chi connectivity index (χ3v) is 3.05. The Morgan fingerprint density at radius 1 is 1.05 bits per heavy atom. The summed E-state index contributed by atoms with van der Waals surface area (Å²) in [7, 11) is -1.88. The van der Waals surface area contributed by atoms with E-state index in [4.69, 9.17) is 10.4 Å². The molecule has 0 aromatic heterocycles. The maximum Gasteiger partial charge on any atom is 0.220 e. The average Bonchev–Trinajstić information content (AvgIpc) is 2.43. The van der Waals surface area contributed by atoms with Crippen LogP contribution in [0.25, 0.3) is 0 Å². The molecule has 0 saturated carbocycles. The summed E-state index contributed by atoms with van der Waals surface area (Å²) in [6.07, 6.45) is 2.65. The molecule has 7 nitrogen and oxygen atoms in total. The van der Waals surface area contributed by atoms with Crippen LogP contribution in [0.1, 0.15) is 32.1 Å². The fraction of sp³-hybridized carbons (Fsp3) is 0.833. The highest BCUT2D eigenvalue weighted by molar-refractivity contribution is 7.45. The first-order valence-corrected chi connectivity index (χ1v) is 8.53. The second-order valence-corrected chi connectivity index (χ2v) is 5.48. The predicted molar refractivity (Wildman–Crippen MR) is 79.1 cm³/mol. The Labute approximate surface area is 126 Å². The topological polar surface area (TPSA) is 103 Å². The van der Waals surface area contributed by atoms with Crippen LogP contribution in [0.5, 0.6) is 0 Å². The molecule has 0 saturated heterocycles. The zero-order valence-electron chi connectivity index (χ0n) is 12.4. The van der Waals surface area contributed by atoms with Gasteiger partial charge in [0, 0.05) is 32.6 Å². The van der Waals surface area contributed by atoms with Crippen LogP contribution in [0.15, 0.2) is 0 Å². The summed E-state index contributed by atoms with van der Waals surface area (Å²) in [5, 5.41) is 5.35. The van der Waals surface area contributed by atoms with Gasteiger partial charge in [0.25, 0.3) is 0 Å². The SMILES string of the molecule is CP(F)OCCNC(=O)CCCC(=O)NCCCCON. The van der Waals surface area contributed by atoms with Crippen LogP contribution < -0.4 is 16.5 Å². The van der Waals surface area contributed by atoms with Gasteiger partial charge in [-0.1, -0.05) is 0 Å². The second-order valence-electron chi connectivity index (χ2n) is 4.39. The van der Waals surface area contributed by atoms with Crippen molar-refractivity contribution in [2.45, 2.75) is 32.1 Å². The van der Waals surface area contributed by atoms with Crippen molar-refractivity contribution < 1.29 is 23.1 Å². The van der Waals surface area contributed by atoms with E-state index in [-0.39, 0.29) is 31.4 Å². The molecule has 0 aliphatic heterocycles. The molecule has 4 N–H and O–H groups in total. The molecule has 0 aromatic rings. The molecule has 124 valence electrons. The van der Waals surface area contributed by atoms with Gasteiger partial charge in [-0.05, 0) is 19.3 Å². The molecular weight excluding hydrogens is 300 g/mol. The number of halogens is 1. The van der Waals surface area contributed by atoms with Gasteiger partial charge in [0.05, 0.1) is 13.2 Å². The van der Waals surface area contributed by atoms with E-state index < -0.39 is 8.46 Å². The molecular formula is C12H25FN3O4P. The summed E-state index contributed by atoms with van der Waals surface area (Å²) in [5.41, 5.74) is 0. The summed E-state index contributed by atoms with van der Waals surface area (Å²) in [6.45, 7) is 2.85. The van der Waals surface area contributed by atoms with Crippen LogP contribution in [0, 0.1) is 0 Å². The molecule has 0 aliphatic rings. The van der Waals surface area contributed by atoms with Gasteiger partial charge in [0.1, 0.15) is 0 Å². The monoisotopic (exact) mass is 325 g/mol. The van der Waals surface area contributed by atoms with Crippen molar-refractivity contribution >= 4 is 20.3 Å². The van der Waals surface area contributed by atoms with Crippen molar-refractivity contribution in [2.75, 3.05) is 33.0 Å². The Hall–Kier alpha value is -0.820. The van der Waals surface area contributed by atoms with Crippen LogP contribution in [0.2, 0.25) is 0 Å². The van der Waals surface area contributed by atoms with Gasteiger partial charge >= 0.3 is 0 Å². The van der Waals surface area contributed by atoms with Crippen molar-refractivity contribution in [1.82, 2.24) is 10.6 Å². The normalized spacial score (nSPS) is 12.0. The van der Waals surface area contributed by atoms with Gasteiger partial charge in [-0.2, -0.15) is 4.20 Å². The third-order valence-electron chi connectivity index (χ3n) is 2.51. The first kappa shape index (κ1) is 20.2. The lowest BCUT2D eigenvalue weighted by Crippen LogP contribution is -2.28. The van der Waals surface area contributed by atoms with E-state index >= 15 is 0 Å². The maximum absolute atomic E-state index is 12.4. The summed E-state index contributed by atoms with van der Waals surface area (Å²) in [6, 6.07) is 0. The number of hydrogen-bond acceptors (Lipinski definition) is 5. The van der Waals surface area contributed by atoms with Crippen molar-refractivity contribution in [1.29, 1.82) is 0 Å². The number of carbonyl (C=O) groups excluding carboxylic acids is 2. The van der Waals surface area contributed by atoms with Gasteiger partial charge in [0.15, 0.2) is 0 Å². The van der Waals surface area contributed by atoms with E-state index in [1.54, 1.807) is 0 Å². The number of rotatable bonds is 13. The number of amides is 2. The quantitative estimate of drug-likeness (QED) is 0.266. The van der Waals surface area contributed by atoms with Crippen molar-refractivity contribution in [3.63, 3.8) is 0 Å². The summed E-state index contributed by atoms with van der Waals surface area (Å²) < 4.78 is 17.1. The largest absolute Gasteiger partial charge is 0.356 e. The average molecular weight is 325 g/mol. The Balaban J connectivity index is 3.38. The van der Waals surface area contributed by atoms with Gasteiger partial charge < -0.3 is 20.0 Å². The first-order chi connectivity index (χ1) is 10.1. The molecule has 0 bridgehead atoms. The number of hydrogen-bond donors (Lipinski definition) is 3. The molecule has 0 heterocycles. The van der Waals surface area contributed by atoms with Gasteiger partial charge in [0.2, 0.25) is 20.3 Å². The number of nitrogens with one attached hydrogen (secondary N) is 2. The fourth-order valence-electron chi connectivity index (χ4n) is 1.49. The highest BCUT2D eigenvalue weighted by atomic mass is 31.2. The Morgan fingerprint density at radius 3 is 2.24 bits per heavy atom. The minimum atomic E-state index is -1.88. The lowest BCUT2D eigenvalue weighted by Gasteiger charge is -2.07. The van der Waals surface area contributed by atoms with Gasteiger partial charge in [-0.15, -0.1) is 0 Å². The van der Waals surface area contributed by atoms with Crippen molar-refractivity contribution in [3.8, 4) is 0 Å². The van der Waals surface area contributed by atoms with E-state index in [1.807, 2.05) is 0 Å². The lowest BCUT2D eigenvalue weighted by molar-refractivity contribution is -0.122. The molecule has 0 aromatic carbocycles. The molecule has 0 rings (SSSR count). The van der Waals surface area contributed by atoms with Crippen molar-refractivity contribution in [2.24, 2.45) is 5.90 Å². The fourth-order valence-corrected chi connectivity index (χ4v) is 1.83. The summed E-state index contributed by atoms with van der Waals surface area (Å²) >= 11 is 0. The number of unbranched alkanes of at least 4 members (excludes halogenated alkanes) is 1. The highest BCUT2D eigenvalue weighted by Crippen LogP contribution is 2.32. The Morgan fingerprint density at radius 2 is 1.67 bits per heavy atom.